The summed E-state index contributed by atoms with van der Waals surface area (Å²) in [4.78, 5) is 0. The third-order valence-electron chi connectivity index (χ3n) is 2.72. The third-order valence-corrected chi connectivity index (χ3v) is 2.72. The topological polar surface area (TPSA) is 12.0 Å². The summed E-state index contributed by atoms with van der Waals surface area (Å²) in [5, 5.41) is 3.13. The molecule has 0 saturated heterocycles. The Kier molecular flexibility index (Phi) is 4.42. The van der Waals surface area contributed by atoms with Gasteiger partial charge >= 0.3 is 0 Å². The zero-order valence-corrected chi connectivity index (χ0v) is 10.3. The predicted octanol–water partition coefficient (Wildman–Crippen LogP) is 3.58. The monoisotopic (exact) mass is 227 g/mol. The van der Waals surface area contributed by atoms with Crippen LogP contribution in [0.1, 0.15) is 37.9 Å². The molecule has 16 heavy (non-hydrogen) atoms. The lowest BCUT2D eigenvalue weighted by Crippen LogP contribution is -2.27. The Labute approximate surface area is 95.9 Å². The van der Waals surface area contributed by atoms with Gasteiger partial charge in [-0.2, -0.15) is 0 Å². The highest BCUT2D eigenvalue weighted by Gasteiger charge is 2.23. The van der Waals surface area contributed by atoms with Crippen LogP contribution in [0.4, 0.5) is 8.78 Å². The Morgan fingerprint density at radius 3 is 2.38 bits per heavy atom. The number of rotatable bonds is 4. The molecule has 0 aliphatic carbocycles. The number of hydrogen-bond donors (Lipinski definition) is 1. The molecule has 1 N–H and O–H groups in total. The molecule has 90 valence electrons. The third kappa shape index (κ3) is 2.59. The largest absolute Gasteiger partial charge is 0.310 e. The van der Waals surface area contributed by atoms with E-state index in [0.717, 1.165) is 0 Å². The summed E-state index contributed by atoms with van der Waals surface area (Å²) in [6, 6.07) is 2.53. The Balaban J connectivity index is 3.22. The Bertz CT molecular complexity index is 361. The van der Waals surface area contributed by atoms with Crippen LogP contribution in [0.25, 0.3) is 0 Å². The van der Waals surface area contributed by atoms with Crippen LogP contribution in [0, 0.1) is 24.5 Å². The van der Waals surface area contributed by atoms with Gasteiger partial charge in [0.05, 0.1) is 0 Å². The van der Waals surface area contributed by atoms with Gasteiger partial charge < -0.3 is 5.32 Å². The highest BCUT2D eigenvalue weighted by molar-refractivity contribution is 5.29. The summed E-state index contributed by atoms with van der Waals surface area (Å²) in [6.07, 6.45) is 0. The summed E-state index contributed by atoms with van der Waals surface area (Å²) < 4.78 is 27.6. The molecule has 1 rings (SSSR count). The number of nitrogens with one attached hydrogen (secondary N) is 1. The molecule has 1 aromatic carbocycles. The Hall–Kier alpha value is -0.960. The normalized spacial score (nSPS) is 13.2. The Morgan fingerprint density at radius 1 is 1.25 bits per heavy atom. The number of aryl methyl sites for hydroxylation is 1. The van der Waals surface area contributed by atoms with E-state index in [1.807, 2.05) is 20.8 Å². The van der Waals surface area contributed by atoms with E-state index in [1.165, 1.54) is 12.1 Å². The second-order valence-corrected chi connectivity index (χ2v) is 4.37. The quantitative estimate of drug-likeness (QED) is 0.829. The lowest BCUT2D eigenvalue weighted by Gasteiger charge is -2.23. The summed E-state index contributed by atoms with van der Waals surface area (Å²) >= 11 is 0. The Morgan fingerprint density at radius 2 is 1.88 bits per heavy atom. The van der Waals surface area contributed by atoms with Crippen LogP contribution in [0.5, 0.6) is 0 Å². The molecule has 0 radical (unpaired) electrons. The van der Waals surface area contributed by atoms with Gasteiger partial charge in [-0.05, 0) is 31.0 Å². The van der Waals surface area contributed by atoms with E-state index in [2.05, 4.69) is 5.32 Å². The van der Waals surface area contributed by atoms with Crippen LogP contribution < -0.4 is 5.32 Å². The molecule has 0 saturated carbocycles. The van der Waals surface area contributed by atoms with Gasteiger partial charge in [0.15, 0.2) is 0 Å². The van der Waals surface area contributed by atoms with Gasteiger partial charge in [-0.25, -0.2) is 8.78 Å². The van der Waals surface area contributed by atoms with Gasteiger partial charge in [0.2, 0.25) is 0 Å². The highest BCUT2D eigenvalue weighted by atomic mass is 19.1. The van der Waals surface area contributed by atoms with Crippen LogP contribution in [0.15, 0.2) is 12.1 Å². The van der Waals surface area contributed by atoms with Crippen molar-refractivity contribution in [2.75, 3.05) is 6.54 Å². The first kappa shape index (κ1) is 13.1. The first-order valence-electron chi connectivity index (χ1n) is 5.66. The predicted molar refractivity (Wildman–Crippen MR) is 62.4 cm³/mol. The van der Waals surface area contributed by atoms with E-state index < -0.39 is 11.6 Å². The van der Waals surface area contributed by atoms with Gasteiger partial charge in [0.1, 0.15) is 11.6 Å². The maximum absolute atomic E-state index is 13.9. The number of halogens is 2. The van der Waals surface area contributed by atoms with Crippen LogP contribution >= 0.6 is 0 Å². The maximum Gasteiger partial charge on any atom is 0.133 e. The lowest BCUT2D eigenvalue weighted by molar-refractivity contribution is 0.387. The maximum atomic E-state index is 13.9. The molecular formula is C13H19F2N. The van der Waals surface area contributed by atoms with Crippen molar-refractivity contribution in [2.45, 2.75) is 33.7 Å². The molecule has 0 amide bonds. The molecule has 1 atom stereocenters. The fraction of sp³-hybridized carbons (Fsp3) is 0.538. The number of hydrogen-bond acceptors (Lipinski definition) is 1. The van der Waals surface area contributed by atoms with Crippen molar-refractivity contribution in [2.24, 2.45) is 5.92 Å². The van der Waals surface area contributed by atoms with E-state index in [4.69, 9.17) is 0 Å². The van der Waals surface area contributed by atoms with Gasteiger partial charge in [0, 0.05) is 11.6 Å². The second-order valence-electron chi connectivity index (χ2n) is 4.37. The van der Waals surface area contributed by atoms with Crippen molar-refractivity contribution >= 4 is 0 Å². The van der Waals surface area contributed by atoms with Crippen molar-refractivity contribution in [1.82, 2.24) is 5.32 Å². The molecule has 0 aliphatic heterocycles. The van der Waals surface area contributed by atoms with Crippen molar-refractivity contribution in [3.8, 4) is 0 Å². The molecule has 0 bridgehead atoms. The SMILES string of the molecule is CCNC(c1c(F)ccc(C)c1F)C(C)C. The van der Waals surface area contributed by atoms with E-state index in [1.54, 1.807) is 6.92 Å². The molecular weight excluding hydrogens is 208 g/mol. The molecule has 0 spiro atoms. The zero-order valence-electron chi connectivity index (χ0n) is 10.3. The van der Waals surface area contributed by atoms with Crippen LogP contribution in [-0.2, 0) is 0 Å². The van der Waals surface area contributed by atoms with Crippen molar-refractivity contribution in [3.05, 3.63) is 34.9 Å². The van der Waals surface area contributed by atoms with E-state index in [-0.39, 0.29) is 17.5 Å². The standard InChI is InChI=1S/C13H19F2N/c1-5-16-13(8(2)3)11-10(14)7-6-9(4)12(11)15/h6-8,13,16H,5H2,1-4H3. The van der Waals surface area contributed by atoms with E-state index in [9.17, 15) is 8.78 Å². The zero-order chi connectivity index (χ0) is 12.3. The summed E-state index contributed by atoms with van der Waals surface area (Å²) in [7, 11) is 0. The van der Waals surface area contributed by atoms with Crippen LogP contribution in [0.2, 0.25) is 0 Å². The minimum atomic E-state index is -0.470. The van der Waals surface area contributed by atoms with Gasteiger partial charge in [0.25, 0.3) is 0 Å². The number of benzene rings is 1. The molecule has 1 nitrogen and oxygen atoms in total. The molecule has 0 fully saturated rings. The van der Waals surface area contributed by atoms with Gasteiger partial charge in [-0.1, -0.05) is 26.8 Å². The van der Waals surface area contributed by atoms with Crippen LogP contribution in [-0.4, -0.2) is 6.54 Å². The molecule has 0 heterocycles. The fourth-order valence-corrected chi connectivity index (χ4v) is 1.85. The highest BCUT2D eigenvalue weighted by Crippen LogP contribution is 2.28. The van der Waals surface area contributed by atoms with E-state index in [0.29, 0.717) is 12.1 Å². The molecule has 0 aliphatic rings. The summed E-state index contributed by atoms with van der Waals surface area (Å²) in [5.41, 5.74) is 0.650. The summed E-state index contributed by atoms with van der Waals surface area (Å²) in [5.74, 6) is -0.756. The minimum absolute atomic E-state index is 0.144. The smallest absolute Gasteiger partial charge is 0.133 e. The average molecular weight is 227 g/mol. The van der Waals surface area contributed by atoms with Crippen molar-refractivity contribution < 1.29 is 8.78 Å². The van der Waals surface area contributed by atoms with Gasteiger partial charge in [-0.3, -0.25) is 0 Å². The first-order chi connectivity index (χ1) is 7.49. The fourth-order valence-electron chi connectivity index (χ4n) is 1.85. The van der Waals surface area contributed by atoms with Crippen molar-refractivity contribution in [3.63, 3.8) is 0 Å². The summed E-state index contributed by atoms with van der Waals surface area (Å²) in [6.45, 7) is 8.18. The molecule has 0 aromatic heterocycles. The molecule has 1 unspecified atom stereocenters. The molecule has 3 heteroatoms. The average Bonchev–Trinajstić information content (AvgIpc) is 2.22. The first-order valence-corrected chi connectivity index (χ1v) is 5.66. The minimum Gasteiger partial charge on any atom is -0.310 e. The van der Waals surface area contributed by atoms with E-state index >= 15 is 0 Å². The molecule has 1 aromatic rings. The van der Waals surface area contributed by atoms with Crippen LogP contribution in [0.3, 0.4) is 0 Å². The second kappa shape index (κ2) is 5.39. The van der Waals surface area contributed by atoms with Crippen molar-refractivity contribution in [1.29, 1.82) is 0 Å². The van der Waals surface area contributed by atoms with Gasteiger partial charge in [-0.15, -0.1) is 0 Å². The lowest BCUT2D eigenvalue weighted by atomic mass is 9.93.